The number of carbonyl (C=O) groups is 2. The molecule has 0 saturated heterocycles. The first kappa shape index (κ1) is 15.5. The van der Waals surface area contributed by atoms with Crippen molar-refractivity contribution < 1.29 is 19.1 Å². The van der Waals surface area contributed by atoms with Gasteiger partial charge in [0, 0.05) is 5.56 Å². The number of carbonyl (C=O) groups excluding carboxylic acids is 1. The minimum atomic E-state index is -1.25. The lowest BCUT2D eigenvalue weighted by Crippen LogP contribution is -2.60. The molecule has 1 aromatic rings. The second-order valence-electron chi connectivity index (χ2n) is 5.84. The average Bonchev–Trinajstić information content (AvgIpc) is 2.44. The van der Waals surface area contributed by atoms with E-state index in [1.54, 1.807) is 6.92 Å². The highest BCUT2D eigenvalue weighted by molar-refractivity contribution is 5.98. The minimum Gasteiger partial charge on any atom is -0.479 e. The van der Waals surface area contributed by atoms with E-state index in [9.17, 15) is 19.1 Å². The van der Waals surface area contributed by atoms with Crippen LogP contribution in [-0.4, -0.2) is 22.5 Å². The van der Waals surface area contributed by atoms with Crippen molar-refractivity contribution in [1.82, 2.24) is 5.32 Å². The summed E-state index contributed by atoms with van der Waals surface area (Å²) in [5, 5.41) is 12.2. The van der Waals surface area contributed by atoms with Crippen molar-refractivity contribution in [2.45, 2.75) is 45.1 Å². The van der Waals surface area contributed by atoms with E-state index < -0.39 is 23.2 Å². The number of nitrogens with one attached hydrogen (secondary N) is 1. The van der Waals surface area contributed by atoms with Crippen LogP contribution in [0.5, 0.6) is 0 Å². The number of aliphatic carboxylic acids is 1. The second-order valence-corrected chi connectivity index (χ2v) is 5.84. The molecule has 1 amide bonds. The zero-order valence-corrected chi connectivity index (χ0v) is 12.3. The second kappa shape index (κ2) is 5.84. The molecule has 5 heteroatoms. The molecule has 2 atom stereocenters. The number of halogens is 1. The normalized spacial score (nSPS) is 25.4. The van der Waals surface area contributed by atoms with E-state index in [-0.39, 0.29) is 11.5 Å². The number of hydrogen-bond donors (Lipinski definition) is 2. The predicted octanol–water partition coefficient (Wildman–Crippen LogP) is 2.90. The Morgan fingerprint density at radius 1 is 1.38 bits per heavy atom. The number of carboxylic acids is 1. The summed E-state index contributed by atoms with van der Waals surface area (Å²) < 4.78 is 13.6. The third-order valence-electron chi connectivity index (χ3n) is 4.45. The molecule has 1 fully saturated rings. The molecule has 21 heavy (non-hydrogen) atoms. The lowest BCUT2D eigenvalue weighted by atomic mass is 9.73. The van der Waals surface area contributed by atoms with Crippen LogP contribution in [0.15, 0.2) is 18.2 Å². The lowest BCUT2D eigenvalue weighted by Gasteiger charge is -2.39. The van der Waals surface area contributed by atoms with Gasteiger partial charge in [-0.05, 0) is 43.4 Å². The summed E-state index contributed by atoms with van der Waals surface area (Å²) in [4.78, 5) is 24.0. The Morgan fingerprint density at radius 2 is 2.10 bits per heavy atom. The molecule has 0 spiro atoms. The molecule has 0 bridgehead atoms. The van der Waals surface area contributed by atoms with Crippen LogP contribution in [0.3, 0.4) is 0 Å². The quantitative estimate of drug-likeness (QED) is 0.900. The van der Waals surface area contributed by atoms with Crippen molar-refractivity contribution in [3.8, 4) is 0 Å². The van der Waals surface area contributed by atoms with Crippen molar-refractivity contribution in [3.63, 3.8) is 0 Å². The van der Waals surface area contributed by atoms with Gasteiger partial charge in [-0.25, -0.2) is 9.18 Å². The SMILES string of the molecule is Cc1ccc(C(=O)NC2(C(=O)O)CCCCC2C)cc1F. The average molecular weight is 293 g/mol. The smallest absolute Gasteiger partial charge is 0.329 e. The van der Waals surface area contributed by atoms with Gasteiger partial charge in [0.1, 0.15) is 11.4 Å². The first-order chi connectivity index (χ1) is 9.86. The largest absolute Gasteiger partial charge is 0.479 e. The van der Waals surface area contributed by atoms with Gasteiger partial charge in [-0.3, -0.25) is 4.79 Å². The maximum atomic E-state index is 13.6. The zero-order chi connectivity index (χ0) is 15.6. The fraction of sp³-hybridized carbons (Fsp3) is 0.500. The molecule has 0 heterocycles. The van der Waals surface area contributed by atoms with Gasteiger partial charge in [-0.2, -0.15) is 0 Å². The molecule has 114 valence electrons. The standard InChI is InChI=1S/C16H20FNO3/c1-10-6-7-12(9-13(10)17)14(19)18-16(15(20)21)8-4-3-5-11(16)2/h6-7,9,11H,3-5,8H2,1-2H3,(H,18,19)(H,20,21). The van der Waals surface area contributed by atoms with Gasteiger partial charge < -0.3 is 10.4 Å². The predicted molar refractivity (Wildman–Crippen MR) is 76.6 cm³/mol. The van der Waals surface area contributed by atoms with Crippen LogP contribution >= 0.6 is 0 Å². The van der Waals surface area contributed by atoms with E-state index in [1.165, 1.54) is 12.1 Å². The number of rotatable bonds is 3. The van der Waals surface area contributed by atoms with Crippen molar-refractivity contribution in [2.24, 2.45) is 5.92 Å². The van der Waals surface area contributed by atoms with Gasteiger partial charge in [0.05, 0.1) is 0 Å². The van der Waals surface area contributed by atoms with Gasteiger partial charge in [0.2, 0.25) is 0 Å². The van der Waals surface area contributed by atoms with Crippen LogP contribution in [-0.2, 0) is 4.79 Å². The maximum Gasteiger partial charge on any atom is 0.329 e. The highest BCUT2D eigenvalue weighted by Gasteiger charge is 2.46. The van der Waals surface area contributed by atoms with E-state index in [0.29, 0.717) is 12.0 Å². The Bertz CT molecular complexity index is 573. The first-order valence-electron chi connectivity index (χ1n) is 7.19. The van der Waals surface area contributed by atoms with Crippen LogP contribution in [0.1, 0.15) is 48.5 Å². The topological polar surface area (TPSA) is 66.4 Å². The number of hydrogen-bond acceptors (Lipinski definition) is 2. The third kappa shape index (κ3) is 2.91. The monoisotopic (exact) mass is 293 g/mol. The maximum absolute atomic E-state index is 13.6. The molecule has 1 aliphatic carbocycles. The Morgan fingerprint density at radius 3 is 2.67 bits per heavy atom. The third-order valence-corrected chi connectivity index (χ3v) is 4.45. The summed E-state index contributed by atoms with van der Waals surface area (Å²) in [6, 6.07) is 4.17. The molecule has 0 aliphatic heterocycles. The van der Waals surface area contributed by atoms with E-state index in [0.717, 1.165) is 25.3 Å². The summed E-state index contributed by atoms with van der Waals surface area (Å²) in [7, 11) is 0. The summed E-state index contributed by atoms with van der Waals surface area (Å²) in [6.07, 6.45) is 2.89. The zero-order valence-electron chi connectivity index (χ0n) is 12.3. The number of benzene rings is 1. The molecule has 1 aromatic carbocycles. The van der Waals surface area contributed by atoms with Crippen molar-refractivity contribution in [1.29, 1.82) is 0 Å². The fourth-order valence-electron chi connectivity index (χ4n) is 2.91. The number of carboxylic acid groups (broad SMARTS) is 1. The Labute approximate surface area is 123 Å². The van der Waals surface area contributed by atoms with E-state index in [1.807, 2.05) is 6.92 Å². The van der Waals surface area contributed by atoms with Gasteiger partial charge in [0.25, 0.3) is 5.91 Å². The molecule has 2 unspecified atom stereocenters. The highest BCUT2D eigenvalue weighted by Crippen LogP contribution is 2.34. The van der Waals surface area contributed by atoms with E-state index >= 15 is 0 Å². The lowest BCUT2D eigenvalue weighted by molar-refractivity contribution is -0.148. The first-order valence-corrected chi connectivity index (χ1v) is 7.19. The molecule has 1 aliphatic rings. The number of aryl methyl sites for hydroxylation is 1. The van der Waals surface area contributed by atoms with Gasteiger partial charge in [0.15, 0.2) is 0 Å². The molecule has 2 rings (SSSR count). The van der Waals surface area contributed by atoms with Crippen molar-refractivity contribution >= 4 is 11.9 Å². The van der Waals surface area contributed by atoms with E-state index in [2.05, 4.69) is 5.32 Å². The van der Waals surface area contributed by atoms with Gasteiger partial charge in [-0.1, -0.05) is 25.8 Å². The summed E-state index contributed by atoms with van der Waals surface area (Å²) in [5.41, 5.74) is -0.654. The molecule has 1 saturated carbocycles. The van der Waals surface area contributed by atoms with Crippen LogP contribution < -0.4 is 5.32 Å². The van der Waals surface area contributed by atoms with Crippen LogP contribution in [0.25, 0.3) is 0 Å². The molecular weight excluding hydrogens is 273 g/mol. The minimum absolute atomic E-state index is 0.150. The van der Waals surface area contributed by atoms with Crippen molar-refractivity contribution in [3.05, 3.63) is 35.1 Å². The molecule has 0 aromatic heterocycles. The van der Waals surface area contributed by atoms with Gasteiger partial charge in [-0.15, -0.1) is 0 Å². The number of amides is 1. The van der Waals surface area contributed by atoms with Crippen LogP contribution in [0, 0.1) is 18.7 Å². The fourth-order valence-corrected chi connectivity index (χ4v) is 2.91. The molecule has 2 N–H and O–H groups in total. The summed E-state index contributed by atoms with van der Waals surface area (Å²) >= 11 is 0. The van der Waals surface area contributed by atoms with E-state index in [4.69, 9.17) is 0 Å². The van der Waals surface area contributed by atoms with Crippen LogP contribution in [0.2, 0.25) is 0 Å². The summed E-state index contributed by atoms with van der Waals surface area (Å²) in [5.74, 6) is -2.17. The summed E-state index contributed by atoms with van der Waals surface area (Å²) in [6.45, 7) is 3.45. The molecule has 4 nitrogen and oxygen atoms in total. The van der Waals surface area contributed by atoms with Crippen molar-refractivity contribution in [2.75, 3.05) is 0 Å². The van der Waals surface area contributed by atoms with Gasteiger partial charge >= 0.3 is 5.97 Å². The Kier molecular flexibility index (Phi) is 4.30. The Hall–Kier alpha value is -1.91. The highest BCUT2D eigenvalue weighted by atomic mass is 19.1. The molecular formula is C16H20FNO3. The molecule has 0 radical (unpaired) electrons. The van der Waals surface area contributed by atoms with Crippen LogP contribution in [0.4, 0.5) is 4.39 Å². The Balaban J connectivity index is 2.26.